The molecule has 0 aliphatic rings. The smallest absolute Gasteiger partial charge is 0.222 e. The summed E-state index contributed by atoms with van der Waals surface area (Å²) in [6.07, 6.45) is 1.12. The Kier molecular flexibility index (Phi) is 4.77. The minimum Gasteiger partial charge on any atom is -0.481 e. The van der Waals surface area contributed by atoms with Crippen molar-refractivity contribution in [1.82, 2.24) is 20.1 Å². The van der Waals surface area contributed by atoms with Crippen molar-refractivity contribution in [3.05, 3.63) is 16.8 Å². The molecule has 0 saturated carbocycles. The van der Waals surface area contributed by atoms with Gasteiger partial charge in [-0.15, -0.1) is 11.3 Å². The number of nitrogens with one attached hydrogen (secondary N) is 1. The maximum Gasteiger partial charge on any atom is 0.222 e. The van der Waals surface area contributed by atoms with Crippen molar-refractivity contribution in [1.29, 1.82) is 0 Å². The summed E-state index contributed by atoms with van der Waals surface area (Å²) in [5.74, 6) is 0.762. The maximum absolute atomic E-state index is 5.44. The molecule has 0 aliphatic carbocycles. The number of rotatable bonds is 6. The Morgan fingerprint density at radius 2 is 2.25 bits per heavy atom. The van der Waals surface area contributed by atoms with Gasteiger partial charge in [0.25, 0.3) is 0 Å². The number of ether oxygens (including phenoxy) is 1. The van der Waals surface area contributed by atoms with Crippen molar-refractivity contribution < 1.29 is 4.74 Å². The zero-order chi connectivity index (χ0) is 14.7. The molecule has 2 aromatic rings. The summed E-state index contributed by atoms with van der Waals surface area (Å²) < 4.78 is 7.19. The molecule has 20 heavy (non-hydrogen) atoms. The molecular formula is C14H22N4OS. The molecule has 6 heteroatoms. The molecule has 0 aromatic carbocycles. The highest BCUT2D eigenvalue weighted by Gasteiger charge is 2.20. The Morgan fingerprint density at radius 3 is 2.90 bits per heavy atom. The van der Waals surface area contributed by atoms with Crippen LogP contribution in [-0.2, 0) is 7.05 Å². The average Bonchev–Trinajstić information content (AvgIpc) is 3.00. The second kappa shape index (κ2) is 6.37. The Bertz CT molecular complexity index is 576. The van der Waals surface area contributed by atoms with Gasteiger partial charge in [0.15, 0.2) is 0 Å². The third-order valence-electron chi connectivity index (χ3n) is 3.24. The van der Waals surface area contributed by atoms with Gasteiger partial charge in [-0.2, -0.15) is 5.10 Å². The van der Waals surface area contributed by atoms with Crippen LogP contribution in [0.4, 0.5) is 0 Å². The molecule has 1 N–H and O–H groups in total. The van der Waals surface area contributed by atoms with Gasteiger partial charge in [0.05, 0.1) is 24.1 Å². The normalized spacial score (nSPS) is 12.7. The zero-order valence-corrected chi connectivity index (χ0v) is 13.5. The molecule has 110 valence electrons. The van der Waals surface area contributed by atoms with Crippen LogP contribution >= 0.6 is 11.3 Å². The van der Waals surface area contributed by atoms with Crippen molar-refractivity contribution in [2.45, 2.75) is 33.2 Å². The van der Waals surface area contributed by atoms with Gasteiger partial charge in [-0.25, -0.2) is 9.67 Å². The first-order valence-corrected chi connectivity index (χ1v) is 7.73. The number of aryl methyl sites for hydroxylation is 2. The zero-order valence-electron chi connectivity index (χ0n) is 12.7. The molecule has 0 bridgehead atoms. The van der Waals surface area contributed by atoms with E-state index in [9.17, 15) is 0 Å². The first-order valence-electron chi connectivity index (χ1n) is 6.85. The Morgan fingerprint density at radius 1 is 1.50 bits per heavy atom. The van der Waals surface area contributed by atoms with E-state index in [0.717, 1.165) is 40.8 Å². The van der Waals surface area contributed by atoms with E-state index in [1.54, 1.807) is 23.1 Å². The van der Waals surface area contributed by atoms with Crippen LogP contribution in [0.2, 0.25) is 0 Å². The summed E-state index contributed by atoms with van der Waals surface area (Å²) >= 11 is 1.64. The van der Waals surface area contributed by atoms with Crippen LogP contribution in [0.3, 0.4) is 0 Å². The molecule has 5 nitrogen and oxygen atoms in total. The first-order chi connectivity index (χ1) is 9.58. The van der Waals surface area contributed by atoms with Crippen LogP contribution in [0.1, 0.15) is 37.7 Å². The molecule has 0 aliphatic heterocycles. The van der Waals surface area contributed by atoms with Gasteiger partial charge in [-0.05, 0) is 26.8 Å². The molecular weight excluding hydrogens is 272 g/mol. The van der Waals surface area contributed by atoms with Gasteiger partial charge < -0.3 is 10.1 Å². The number of hydrogen-bond donors (Lipinski definition) is 1. The maximum atomic E-state index is 5.44. The van der Waals surface area contributed by atoms with E-state index in [-0.39, 0.29) is 6.04 Å². The first kappa shape index (κ1) is 15.0. The molecule has 0 fully saturated rings. The van der Waals surface area contributed by atoms with Gasteiger partial charge in [-0.1, -0.05) is 6.92 Å². The Balaban J connectivity index is 2.29. The number of nitrogens with zero attached hydrogens (tertiary/aromatic N) is 3. The monoisotopic (exact) mass is 294 g/mol. The summed E-state index contributed by atoms with van der Waals surface area (Å²) in [7, 11) is 3.55. The largest absolute Gasteiger partial charge is 0.481 e. The summed E-state index contributed by atoms with van der Waals surface area (Å²) in [6, 6.07) is 0.267. The van der Waals surface area contributed by atoms with Crippen LogP contribution < -0.4 is 10.1 Å². The van der Waals surface area contributed by atoms with Crippen molar-refractivity contribution in [2.24, 2.45) is 7.05 Å². The number of aromatic nitrogens is 3. The average molecular weight is 294 g/mol. The highest BCUT2D eigenvalue weighted by atomic mass is 32.1. The SMILES string of the molecule is CCCNC(C)c1csc(-c2c(C)nn(C)c2OC)n1. The lowest BCUT2D eigenvalue weighted by Crippen LogP contribution is -2.19. The van der Waals surface area contributed by atoms with E-state index in [1.807, 2.05) is 14.0 Å². The van der Waals surface area contributed by atoms with Crippen molar-refractivity contribution in [2.75, 3.05) is 13.7 Å². The summed E-state index contributed by atoms with van der Waals surface area (Å²) in [5, 5.41) is 10.9. The molecule has 2 aromatic heterocycles. The lowest BCUT2D eigenvalue weighted by molar-refractivity contribution is 0.375. The highest BCUT2D eigenvalue weighted by molar-refractivity contribution is 7.13. The van der Waals surface area contributed by atoms with Gasteiger partial charge in [0.2, 0.25) is 5.88 Å². The molecule has 1 atom stereocenters. The van der Waals surface area contributed by atoms with Crippen molar-refractivity contribution in [3.8, 4) is 16.5 Å². The molecule has 0 saturated heterocycles. The van der Waals surface area contributed by atoms with Crippen LogP contribution in [-0.4, -0.2) is 28.4 Å². The lowest BCUT2D eigenvalue weighted by Gasteiger charge is -2.09. The van der Waals surface area contributed by atoms with E-state index in [0.29, 0.717) is 0 Å². The van der Waals surface area contributed by atoms with Crippen LogP contribution in [0.25, 0.3) is 10.6 Å². The third kappa shape index (κ3) is 2.86. The molecule has 1 unspecified atom stereocenters. The topological polar surface area (TPSA) is 52.0 Å². The van der Waals surface area contributed by atoms with Gasteiger partial charge >= 0.3 is 0 Å². The summed E-state index contributed by atoms with van der Waals surface area (Å²) in [5.41, 5.74) is 3.01. The fourth-order valence-corrected chi connectivity index (χ4v) is 3.18. The molecule has 2 heterocycles. The minimum atomic E-state index is 0.267. The van der Waals surface area contributed by atoms with E-state index in [4.69, 9.17) is 9.72 Å². The van der Waals surface area contributed by atoms with Gasteiger partial charge in [0, 0.05) is 18.5 Å². The van der Waals surface area contributed by atoms with E-state index in [1.165, 1.54) is 0 Å². The summed E-state index contributed by atoms with van der Waals surface area (Å²) in [6.45, 7) is 7.29. The third-order valence-corrected chi connectivity index (χ3v) is 4.12. The lowest BCUT2D eigenvalue weighted by atomic mass is 10.2. The molecule has 0 amide bonds. The number of thiazole rings is 1. The minimum absolute atomic E-state index is 0.267. The predicted molar refractivity (Wildman–Crippen MR) is 82.3 cm³/mol. The molecule has 0 radical (unpaired) electrons. The fourth-order valence-electron chi connectivity index (χ4n) is 2.18. The second-order valence-electron chi connectivity index (χ2n) is 4.85. The quantitative estimate of drug-likeness (QED) is 0.890. The van der Waals surface area contributed by atoms with Crippen LogP contribution in [0, 0.1) is 6.92 Å². The Hall–Kier alpha value is -1.40. The number of hydrogen-bond acceptors (Lipinski definition) is 5. The standard InChI is InChI=1S/C14H22N4OS/c1-6-7-15-9(2)11-8-20-13(16-11)12-10(3)17-18(4)14(12)19-5/h8-9,15H,6-7H2,1-5H3. The predicted octanol–water partition coefficient (Wildman–Crippen LogP) is 2.92. The highest BCUT2D eigenvalue weighted by Crippen LogP contribution is 2.35. The van der Waals surface area contributed by atoms with E-state index in [2.05, 4.69) is 29.6 Å². The van der Waals surface area contributed by atoms with Crippen molar-refractivity contribution >= 4 is 11.3 Å². The Labute approximate surface area is 124 Å². The summed E-state index contributed by atoms with van der Waals surface area (Å²) in [4.78, 5) is 4.74. The van der Waals surface area contributed by atoms with Crippen LogP contribution in [0.15, 0.2) is 5.38 Å². The van der Waals surface area contributed by atoms with E-state index >= 15 is 0 Å². The van der Waals surface area contributed by atoms with Gasteiger partial charge in [0.1, 0.15) is 5.01 Å². The molecule has 2 rings (SSSR count). The fraction of sp³-hybridized carbons (Fsp3) is 0.571. The van der Waals surface area contributed by atoms with Crippen molar-refractivity contribution in [3.63, 3.8) is 0 Å². The van der Waals surface area contributed by atoms with Crippen LogP contribution in [0.5, 0.6) is 5.88 Å². The van der Waals surface area contributed by atoms with Gasteiger partial charge in [-0.3, -0.25) is 0 Å². The van der Waals surface area contributed by atoms with E-state index < -0.39 is 0 Å². The molecule has 0 spiro atoms. The second-order valence-corrected chi connectivity index (χ2v) is 5.70. The number of methoxy groups -OCH3 is 1.